The number of hydrogen-bond acceptors (Lipinski definition) is 4. The minimum atomic E-state index is -1.49. The van der Waals surface area contributed by atoms with Gasteiger partial charge in [0.2, 0.25) is 5.78 Å². The molecule has 1 aromatic carbocycles. The molecule has 1 heterocycles. The minimum Gasteiger partial charge on any atom is -0.530 e. The number of carboxylic acid groups (broad SMARTS) is 1. The van der Waals surface area contributed by atoms with Crippen LogP contribution in [-0.2, 0) is 0 Å². The van der Waals surface area contributed by atoms with Crippen LogP contribution in [-0.4, -0.2) is 11.9 Å². The van der Waals surface area contributed by atoms with Gasteiger partial charge in [-0.2, -0.15) is 0 Å². The van der Waals surface area contributed by atoms with Gasteiger partial charge in [-0.15, -0.1) is 0 Å². The molecule has 1 amide bonds. The average Bonchev–Trinajstić information content (AvgIpc) is 2.76. The molecule has 0 unspecified atom stereocenters. The van der Waals surface area contributed by atoms with Crippen LogP contribution in [0.2, 0.25) is 0 Å². The second kappa shape index (κ2) is 4.52. The van der Waals surface area contributed by atoms with Crippen LogP contribution < -0.4 is 10.4 Å². The fourth-order valence-corrected chi connectivity index (χ4v) is 1.41. The van der Waals surface area contributed by atoms with Gasteiger partial charge in [-0.3, -0.25) is 4.79 Å². The zero-order valence-corrected chi connectivity index (χ0v) is 8.67. The number of carbonyl (C=O) groups excluding carboxylic acids is 2. The smallest absolute Gasteiger partial charge is 0.230 e. The lowest BCUT2D eigenvalue weighted by Crippen LogP contribution is -2.29. The van der Waals surface area contributed by atoms with Gasteiger partial charge in [0.05, 0.1) is 12.0 Å². The third kappa shape index (κ3) is 2.34. The first kappa shape index (κ1) is 10.9. The Morgan fingerprint density at radius 3 is 2.47 bits per heavy atom. The van der Waals surface area contributed by atoms with Crippen molar-refractivity contribution < 1.29 is 19.1 Å². The Morgan fingerprint density at radius 1 is 1.12 bits per heavy atom. The molecule has 86 valence electrons. The van der Waals surface area contributed by atoms with Crippen molar-refractivity contribution in [2.75, 3.05) is 5.32 Å². The molecule has 0 spiro atoms. The van der Waals surface area contributed by atoms with Crippen molar-refractivity contribution in [1.82, 2.24) is 0 Å². The highest BCUT2D eigenvalue weighted by Crippen LogP contribution is 2.20. The van der Waals surface area contributed by atoms with Crippen LogP contribution in [0.5, 0.6) is 0 Å². The van der Waals surface area contributed by atoms with Gasteiger partial charge in [-0.1, -0.05) is 30.3 Å². The minimum absolute atomic E-state index is 0.0552. The van der Waals surface area contributed by atoms with Crippen LogP contribution in [0.15, 0.2) is 47.1 Å². The number of carbonyl (C=O) groups is 2. The summed E-state index contributed by atoms with van der Waals surface area (Å²) in [6, 6.07) is 9.79. The van der Waals surface area contributed by atoms with Crippen LogP contribution >= 0.6 is 0 Å². The highest BCUT2D eigenvalue weighted by atomic mass is 16.4. The van der Waals surface area contributed by atoms with E-state index in [1.807, 2.05) is 5.32 Å². The Morgan fingerprint density at radius 2 is 1.82 bits per heavy atom. The van der Waals surface area contributed by atoms with E-state index in [4.69, 9.17) is 4.42 Å². The summed E-state index contributed by atoms with van der Waals surface area (Å²) in [6.07, 6.45) is -0.255. The first-order valence-electron chi connectivity index (χ1n) is 4.83. The second-order valence-electron chi connectivity index (χ2n) is 3.27. The quantitative estimate of drug-likeness (QED) is 0.805. The normalized spacial score (nSPS) is 9.88. The molecule has 0 saturated heterocycles. The predicted molar refractivity (Wildman–Crippen MR) is 57.6 cm³/mol. The second-order valence-corrected chi connectivity index (χ2v) is 3.27. The summed E-state index contributed by atoms with van der Waals surface area (Å²) in [5.74, 6) is -0.445. The summed E-state index contributed by atoms with van der Waals surface area (Å²) in [7, 11) is 0. The van der Waals surface area contributed by atoms with Gasteiger partial charge < -0.3 is 19.6 Å². The van der Waals surface area contributed by atoms with Crippen molar-refractivity contribution in [3.05, 3.63) is 54.0 Å². The number of furan rings is 1. The Hall–Kier alpha value is -2.56. The summed E-state index contributed by atoms with van der Waals surface area (Å²) >= 11 is 0. The Labute approximate surface area is 96.7 Å². The van der Waals surface area contributed by atoms with E-state index < -0.39 is 6.09 Å². The van der Waals surface area contributed by atoms with Crippen LogP contribution in [0.25, 0.3) is 0 Å². The zero-order valence-electron chi connectivity index (χ0n) is 8.67. The van der Waals surface area contributed by atoms with Crippen molar-refractivity contribution in [1.29, 1.82) is 0 Å². The molecule has 2 rings (SSSR count). The Balaban J connectivity index is 2.32. The van der Waals surface area contributed by atoms with Gasteiger partial charge in [-0.05, 0) is 0 Å². The molecule has 2 aromatic rings. The van der Waals surface area contributed by atoms with Gasteiger partial charge in [-0.25, -0.2) is 0 Å². The lowest BCUT2D eigenvalue weighted by Gasteiger charge is -2.05. The molecule has 1 N–H and O–H groups in total. The SMILES string of the molecule is O=C([O-])Nc1ccoc1C(=O)c1ccccc1. The van der Waals surface area contributed by atoms with Crippen molar-refractivity contribution in [3.63, 3.8) is 0 Å². The topological polar surface area (TPSA) is 82.4 Å². The molecule has 0 aliphatic heterocycles. The number of nitrogens with one attached hydrogen (secondary N) is 1. The molecule has 0 aliphatic rings. The van der Waals surface area contributed by atoms with E-state index in [9.17, 15) is 14.7 Å². The van der Waals surface area contributed by atoms with Crippen molar-refractivity contribution in [2.45, 2.75) is 0 Å². The van der Waals surface area contributed by atoms with E-state index in [0.29, 0.717) is 5.56 Å². The summed E-state index contributed by atoms with van der Waals surface area (Å²) in [4.78, 5) is 22.4. The average molecular weight is 230 g/mol. The number of amides is 1. The first-order chi connectivity index (χ1) is 8.18. The van der Waals surface area contributed by atoms with E-state index >= 15 is 0 Å². The molecule has 0 bridgehead atoms. The molecule has 0 aliphatic carbocycles. The fourth-order valence-electron chi connectivity index (χ4n) is 1.41. The van der Waals surface area contributed by atoms with Crippen LogP contribution in [0.1, 0.15) is 16.1 Å². The number of benzene rings is 1. The lowest BCUT2D eigenvalue weighted by atomic mass is 10.1. The summed E-state index contributed by atoms with van der Waals surface area (Å²) in [6.45, 7) is 0. The predicted octanol–water partition coefficient (Wildman–Crippen LogP) is 1.27. The molecule has 5 heteroatoms. The fraction of sp³-hybridized carbons (Fsp3) is 0. The van der Waals surface area contributed by atoms with Crippen molar-refractivity contribution >= 4 is 17.6 Å². The maximum absolute atomic E-state index is 12.0. The first-order valence-corrected chi connectivity index (χ1v) is 4.83. The van der Waals surface area contributed by atoms with E-state index in [1.165, 1.54) is 12.3 Å². The van der Waals surface area contributed by atoms with Gasteiger partial charge >= 0.3 is 0 Å². The lowest BCUT2D eigenvalue weighted by molar-refractivity contribution is -0.242. The Kier molecular flexibility index (Phi) is 2.91. The molecule has 17 heavy (non-hydrogen) atoms. The maximum atomic E-state index is 12.0. The molecule has 5 nitrogen and oxygen atoms in total. The van der Waals surface area contributed by atoms with E-state index in [2.05, 4.69) is 0 Å². The van der Waals surface area contributed by atoms with Gasteiger partial charge in [0, 0.05) is 11.6 Å². The Bertz CT molecular complexity index is 545. The third-order valence-corrected chi connectivity index (χ3v) is 2.14. The monoisotopic (exact) mass is 230 g/mol. The van der Waals surface area contributed by atoms with Crippen LogP contribution in [0, 0.1) is 0 Å². The largest absolute Gasteiger partial charge is 0.530 e. The maximum Gasteiger partial charge on any atom is 0.230 e. The summed E-state index contributed by atoms with van der Waals surface area (Å²) < 4.78 is 4.98. The van der Waals surface area contributed by atoms with Crippen molar-refractivity contribution in [2.24, 2.45) is 0 Å². The molecule has 0 radical (unpaired) electrons. The van der Waals surface area contributed by atoms with Gasteiger partial charge in [0.25, 0.3) is 0 Å². The van der Waals surface area contributed by atoms with Gasteiger partial charge in [0.15, 0.2) is 5.76 Å². The number of hydrogen-bond donors (Lipinski definition) is 1. The van der Waals surface area contributed by atoms with E-state index in [0.717, 1.165) is 0 Å². The van der Waals surface area contributed by atoms with E-state index in [1.54, 1.807) is 30.3 Å². The number of ketones is 1. The standard InChI is InChI=1S/C12H9NO4/c14-10(8-4-2-1-3-5-8)11-9(6-7-17-11)13-12(15)16/h1-7,13H,(H,15,16)/p-1. The van der Waals surface area contributed by atoms with Crippen LogP contribution in [0.4, 0.5) is 10.5 Å². The molecule has 0 fully saturated rings. The van der Waals surface area contributed by atoms with E-state index in [-0.39, 0.29) is 17.2 Å². The highest BCUT2D eigenvalue weighted by Gasteiger charge is 2.16. The molecule has 0 saturated carbocycles. The van der Waals surface area contributed by atoms with Crippen molar-refractivity contribution in [3.8, 4) is 0 Å². The summed E-state index contributed by atoms with van der Waals surface area (Å²) in [5.41, 5.74) is 0.503. The third-order valence-electron chi connectivity index (χ3n) is 2.14. The molecule has 1 aromatic heterocycles. The number of rotatable bonds is 3. The molecular formula is C12H8NO4-. The summed E-state index contributed by atoms with van der Waals surface area (Å²) in [5, 5.41) is 12.4. The van der Waals surface area contributed by atoms with Gasteiger partial charge in [0.1, 0.15) is 6.09 Å². The molecule has 0 atom stereocenters. The highest BCUT2D eigenvalue weighted by molar-refractivity contribution is 6.11. The zero-order chi connectivity index (χ0) is 12.3. The molecular weight excluding hydrogens is 222 g/mol. The van der Waals surface area contributed by atoms with Crippen LogP contribution in [0.3, 0.4) is 0 Å². The number of anilines is 1.